The van der Waals surface area contributed by atoms with Crippen molar-refractivity contribution in [1.29, 1.82) is 0 Å². The molecule has 156 valence electrons. The van der Waals surface area contributed by atoms with Crippen LogP contribution in [0.3, 0.4) is 0 Å². The smallest absolute Gasteiger partial charge is 0.295 e. The molecule has 30 heavy (non-hydrogen) atoms. The molecular formula is C25H26FNO3. The molecule has 1 saturated heterocycles. The molecule has 1 saturated carbocycles. The molecule has 1 aliphatic heterocycles. The Hall–Kier alpha value is -2.95. The van der Waals surface area contributed by atoms with Gasteiger partial charge in [0.15, 0.2) is 0 Å². The number of likely N-dealkylation sites (tertiary alicyclic amines) is 1. The Kier molecular flexibility index (Phi) is 5.46. The summed E-state index contributed by atoms with van der Waals surface area (Å²) < 4.78 is 13.6. The van der Waals surface area contributed by atoms with Crippen molar-refractivity contribution < 1.29 is 19.1 Å². The number of hydrogen-bond acceptors (Lipinski definition) is 3. The summed E-state index contributed by atoms with van der Waals surface area (Å²) >= 11 is 0. The van der Waals surface area contributed by atoms with Crippen LogP contribution in [0.15, 0.2) is 48.0 Å². The zero-order chi connectivity index (χ0) is 21.4. The number of hydrogen-bond donors (Lipinski definition) is 1. The average molecular weight is 407 g/mol. The van der Waals surface area contributed by atoms with Gasteiger partial charge >= 0.3 is 0 Å². The van der Waals surface area contributed by atoms with Crippen LogP contribution in [0.4, 0.5) is 4.39 Å². The highest BCUT2D eigenvalue weighted by molar-refractivity contribution is 6.46. The summed E-state index contributed by atoms with van der Waals surface area (Å²) in [4.78, 5) is 27.8. The summed E-state index contributed by atoms with van der Waals surface area (Å²) in [5.74, 6) is -1.82. The molecule has 1 heterocycles. The van der Waals surface area contributed by atoms with E-state index in [0.717, 1.165) is 43.2 Å². The van der Waals surface area contributed by atoms with Gasteiger partial charge in [0, 0.05) is 11.6 Å². The molecular weight excluding hydrogens is 381 g/mol. The third-order valence-electron chi connectivity index (χ3n) is 6.41. The maximum atomic E-state index is 13.6. The molecule has 1 N–H and O–H groups in total. The van der Waals surface area contributed by atoms with Crippen molar-refractivity contribution in [3.8, 4) is 0 Å². The van der Waals surface area contributed by atoms with Crippen LogP contribution in [0.1, 0.15) is 60.4 Å². The average Bonchev–Trinajstić information content (AvgIpc) is 3.01. The number of aliphatic hydroxyl groups is 1. The molecule has 2 fully saturated rings. The maximum absolute atomic E-state index is 13.6. The normalized spacial score (nSPS) is 22.0. The van der Waals surface area contributed by atoms with Gasteiger partial charge in [0.1, 0.15) is 11.6 Å². The van der Waals surface area contributed by atoms with Crippen LogP contribution in [0.25, 0.3) is 5.76 Å². The summed E-state index contributed by atoms with van der Waals surface area (Å²) in [5.41, 5.74) is 3.28. The maximum Gasteiger partial charge on any atom is 0.295 e. The van der Waals surface area contributed by atoms with Gasteiger partial charge in [0.2, 0.25) is 0 Å². The van der Waals surface area contributed by atoms with Gasteiger partial charge < -0.3 is 10.0 Å². The van der Waals surface area contributed by atoms with E-state index in [2.05, 4.69) is 0 Å². The van der Waals surface area contributed by atoms with Gasteiger partial charge in [0.05, 0.1) is 11.6 Å². The van der Waals surface area contributed by atoms with Crippen LogP contribution in [0, 0.1) is 19.7 Å². The number of carbonyl (C=O) groups is 2. The van der Waals surface area contributed by atoms with Crippen molar-refractivity contribution in [2.45, 2.75) is 58.0 Å². The van der Waals surface area contributed by atoms with Crippen molar-refractivity contribution in [2.75, 3.05) is 0 Å². The Morgan fingerprint density at radius 1 is 0.967 bits per heavy atom. The highest BCUT2D eigenvalue weighted by Gasteiger charge is 2.48. The lowest BCUT2D eigenvalue weighted by atomic mass is 9.90. The first kappa shape index (κ1) is 20.3. The fourth-order valence-electron chi connectivity index (χ4n) is 4.60. The number of aliphatic hydroxyl groups excluding tert-OH is 1. The first-order valence-corrected chi connectivity index (χ1v) is 10.5. The fourth-order valence-corrected chi connectivity index (χ4v) is 4.60. The van der Waals surface area contributed by atoms with Crippen LogP contribution < -0.4 is 0 Å². The molecule has 2 aromatic carbocycles. The predicted molar refractivity (Wildman–Crippen MR) is 113 cm³/mol. The van der Waals surface area contributed by atoms with E-state index in [1.165, 1.54) is 12.1 Å². The topological polar surface area (TPSA) is 57.6 Å². The standard InChI is InChI=1S/C25H26FNO3/c1-15-8-9-18(14-16(15)2)23(28)21-22(17-10-12-19(26)13-11-17)27(25(30)24(21)29)20-6-4-3-5-7-20/h8-14,20,22,28H,3-7H2,1-2H3/b23-21-. The molecule has 2 aliphatic rings. The first-order valence-electron chi connectivity index (χ1n) is 10.5. The zero-order valence-corrected chi connectivity index (χ0v) is 17.3. The van der Waals surface area contributed by atoms with E-state index >= 15 is 0 Å². The van der Waals surface area contributed by atoms with E-state index in [4.69, 9.17) is 0 Å². The van der Waals surface area contributed by atoms with E-state index in [1.54, 1.807) is 23.1 Å². The second-order valence-electron chi connectivity index (χ2n) is 8.35. The molecule has 1 unspecified atom stereocenters. The van der Waals surface area contributed by atoms with Crippen molar-refractivity contribution in [1.82, 2.24) is 4.90 Å². The Morgan fingerprint density at radius 2 is 1.63 bits per heavy atom. The van der Waals surface area contributed by atoms with E-state index in [1.807, 2.05) is 26.0 Å². The van der Waals surface area contributed by atoms with Gasteiger partial charge in [-0.25, -0.2) is 4.39 Å². The molecule has 1 atom stereocenters. The molecule has 0 aromatic heterocycles. The molecule has 0 spiro atoms. The highest BCUT2D eigenvalue weighted by atomic mass is 19.1. The van der Waals surface area contributed by atoms with E-state index in [0.29, 0.717) is 11.1 Å². The van der Waals surface area contributed by atoms with Crippen molar-refractivity contribution in [2.24, 2.45) is 0 Å². The predicted octanol–water partition coefficient (Wildman–Crippen LogP) is 5.20. The monoisotopic (exact) mass is 407 g/mol. The summed E-state index contributed by atoms with van der Waals surface area (Å²) in [6, 6.07) is 10.5. The van der Waals surface area contributed by atoms with Gasteiger partial charge in [-0.3, -0.25) is 9.59 Å². The highest BCUT2D eigenvalue weighted by Crippen LogP contribution is 2.43. The Balaban J connectivity index is 1.88. The minimum Gasteiger partial charge on any atom is -0.507 e. The lowest BCUT2D eigenvalue weighted by molar-refractivity contribution is -0.141. The van der Waals surface area contributed by atoms with Crippen LogP contribution in [-0.2, 0) is 9.59 Å². The minimum absolute atomic E-state index is 0.0599. The minimum atomic E-state index is -0.713. The first-order chi connectivity index (χ1) is 14.4. The number of carbonyl (C=O) groups excluding carboxylic acids is 2. The number of halogens is 1. The SMILES string of the molecule is Cc1ccc(/C(O)=C2/C(=O)C(=O)N(C3CCCCC3)C2c2ccc(F)cc2)cc1C. The largest absolute Gasteiger partial charge is 0.507 e. The molecule has 5 heteroatoms. The molecule has 2 aromatic rings. The number of nitrogens with zero attached hydrogens (tertiary/aromatic N) is 1. The quantitative estimate of drug-likeness (QED) is 0.432. The van der Waals surface area contributed by atoms with E-state index in [-0.39, 0.29) is 23.2 Å². The summed E-state index contributed by atoms with van der Waals surface area (Å²) in [7, 11) is 0. The third kappa shape index (κ3) is 3.53. The third-order valence-corrected chi connectivity index (χ3v) is 6.41. The van der Waals surface area contributed by atoms with Crippen LogP contribution in [0.2, 0.25) is 0 Å². The number of Topliss-reactive ketones (excluding diaryl/α,β-unsaturated/α-hetero) is 1. The second kappa shape index (κ2) is 8.05. The number of aryl methyl sites for hydroxylation is 2. The van der Waals surface area contributed by atoms with Crippen LogP contribution in [-0.4, -0.2) is 27.7 Å². The molecule has 4 nitrogen and oxygen atoms in total. The summed E-state index contributed by atoms with van der Waals surface area (Å²) in [6.07, 6.45) is 4.77. The van der Waals surface area contributed by atoms with Gasteiger partial charge in [-0.05, 0) is 61.6 Å². The summed E-state index contributed by atoms with van der Waals surface area (Å²) in [5, 5.41) is 11.1. The number of ketones is 1. The lowest BCUT2D eigenvalue weighted by Crippen LogP contribution is -2.40. The van der Waals surface area contributed by atoms with E-state index in [9.17, 15) is 19.1 Å². The van der Waals surface area contributed by atoms with Gasteiger partial charge in [-0.15, -0.1) is 0 Å². The molecule has 1 aliphatic carbocycles. The number of rotatable bonds is 3. The Morgan fingerprint density at radius 3 is 2.27 bits per heavy atom. The second-order valence-corrected chi connectivity index (χ2v) is 8.35. The fraction of sp³-hybridized carbons (Fsp3) is 0.360. The van der Waals surface area contributed by atoms with Crippen molar-refractivity contribution >= 4 is 17.4 Å². The van der Waals surface area contributed by atoms with Crippen LogP contribution in [0.5, 0.6) is 0 Å². The molecule has 0 radical (unpaired) electrons. The van der Waals surface area contributed by atoms with Crippen molar-refractivity contribution in [3.63, 3.8) is 0 Å². The molecule has 1 amide bonds. The van der Waals surface area contributed by atoms with Gasteiger partial charge in [0.25, 0.3) is 11.7 Å². The number of benzene rings is 2. The van der Waals surface area contributed by atoms with Gasteiger partial charge in [-0.2, -0.15) is 0 Å². The zero-order valence-electron chi connectivity index (χ0n) is 17.3. The molecule has 4 rings (SSSR count). The summed E-state index contributed by atoms with van der Waals surface area (Å²) in [6.45, 7) is 3.91. The Bertz CT molecular complexity index is 1020. The molecule has 0 bridgehead atoms. The van der Waals surface area contributed by atoms with Crippen molar-refractivity contribution in [3.05, 3.63) is 76.1 Å². The van der Waals surface area contributed by atoms with Gasteiger partial charge in [-0.1, -0.05) is 43.5 Å². The van der Waals surface area contributed by atoms with E-state index < -0.39 is 17.7 Å². The number of amides is 1. The van der Waals surface area contributed by atoms with Crippen LogP contribution >= 0.6 is 0 Å². The Labute approximate surface area is 176 Å². The lowest BCUT2D eigenvalue weighted by Gasteiger charge is -2.35.